The number of nitrogens with zero attached hydrogens (tertiary/aromatic N) is 3. The number of halogens is 1. The third-order valence-corrected chi connectivity index (χ3v) is 3.11. The fourth-order valence-corrected chi connectivity index (χ4v) is 2.08. The SMILES string of the molecule is C[C@@H]1COCCN1C(=O)c1cc(Cl)ncc1[N+](=O)[O-]. The van der Waals surface area contributed by atoms with Crippen molar-refractivity contribution in [2.45, 2.75) is 13.0 Å². The van der Waals surface area contributed by atoms with Gasteiger partial charge in [-0.2, -0.15) is 0 Å². The third-order valence-electron chi connectivity index (χ3n) is 2.91. The molecule has 2 heterocycles. The summed E-state index contributed by atoms with van der Waals surface area (Å²) < 4.78 is 5.23. The molecule has 1 saturated heterocycles. The third kappa shape index (κ3) is 2.82. The Labute approximate surface area is 114 Å². The van der Waals surface area contributed by atoms with Crippen LogP contribution in [0.5, 0.6) is 0 Å². The molecule has 0 aliphatic carbocycles. The normalized spacial score (nSPS) is 19.3. The van der Waals surface area contributed by atoms with Crippen LogP contribution in [-0.2, 0) is 4.74 Å². The number of hydrogen-bond acceptors (Lipinski definition) is 5. The summed E-state index contributed by atoms with van der Waals surface area (Å²) in [5.41, 5.74) is -0.383. The van der Waals surface area contributed by atoms with Gasteiger partial charge in [0.25, 0.3) is 11.6 Å². The Morgan fingerprint density at radius 1 is 1.68 bits per heavy atom. The molecule has 1 aromatic rings. The van der Waals surface area contributed by atoms with Crippen molar-refractivity contribution in [1.82, 2.24) is 9.88 Å². The van der Waals surface area contributed by atoms with E-state index >= 15 is 0 Å². The first kappa shape index (κ1) is 13.7. The van der Waals surface area contributed by atoms with E-state index in [2.05, 4.69) is 4.98 Å². The van der Waals surface area contributed by atoms with Crippen LogP contribution >= 0.6 is 11.6 Å². The molecule has 0 spiro atoms. The summed E-state index contributed by atoms with van der Waals surface area (Å²) >= 11 is 5.71. The van der Waals surface area contributed by atoms with Crippen LogP contribution in [0.3, 0.4) is 0 Å². The molecule has 1 aromatic heterocycles. The quantitative estimate of drug-likeness (QED) is 0.467. The summed E-state index contributed by atoms with van der Waals surface area (Å²) in [5, 5.41) is 11.0. The predicted molar refractivity (Wildman–Crippen MR) is 67.2 cm³/mol. The fourth-order valence-electron chi connectivity index (χ4n) is 1.92. The van der Waals surface area contributed by atoms with Gasteiger partial charge in [0.05, 0.1) is 24.2 Å². The Kier molecular flexibility index (Phi) is 3.96. The van der Waals surface area contributed by atoms with Gasteiger partial charge in [0.2, 0.25) is 0 Å². The highest BCUT2D eigenvalue weighted by molar-refractivity contribution is 6.29. The summed E-state index contributed by atoms with van der Waals surface area (Å²) in [6.45, 7) is 3.06. The maximum atomic E-state index is 12.4. The van der Waals surface area contributed by atoms with Crippen LogP contribution in [0.2, 0.25) is 5.15 Å². The van der Waals surface area contributed by atoms with Crippen LogP contribution in [-0.4, -0.2) is 46.5 Å². The molecule has 0 bridgehead atoms. The molecule has 1 aliphatic rings. The maximum Gasteiger partial charge on any atom is 0.300 e. The van der Waals surface area contributed by atoms with Gasteiger partial charge in [0.15, 0.2) is 0 Å². The Morgan fingerprint density at radius 3 is 3.05 bits per heavy atom. The van der Waals surface area contributed by atoms with E-state index in [-0.39, 0.29) is 22.4 Å². The van der Waals surface area contributed by atoms with E-state index in [0.29, 0.717) is 19.8 Å². The van der Waals surface area contributed by atoms with Gasteiger partial charge in [-0.15, -0.1) is 0 Å². The van der Waals surface area contributed by atoms with Gasteiger partial charge in [-0.25, -0.2) is 4.98 Å². The predicted octanol–water partition coefficient (Wildman–Crippen LogP) is 1.50. The monoisotopic (exact) mass is 285 g/mol. The number of ether oxygens (including phenoxy) is 1. The second-order valence-corrected chi connectivity index (χ2v) is 4.59. The Bertz CT molecular complexity index is 523. The molecule has 102 valence electrons. The van der Waals surface area contributed by atoms with Gasteiger partial charge in [0, 0.05) is 6.54 Å². The largest absolute Gasteiger partial charge is 0.377 e. The van der Waals surface area contributed by atoms with Crippen molar-refractivity contribution < 1.29 is 14.5 Å². The maximum absolute atomic E-state index is 12.4. The lowest BCUT2D eigenvalue weighted by Crippen LogP contribution is -2.47. The minimum absolute atomic E-state index is 0.0428. The van der Waals surface area contributed by atoms with Gasteiger partial charge in [0.1, 0.15) is 16.9 Å². The standard InChI is InChI=1S/C11H12ClN3O4/c1-7-6-19-3-2-14(7)11(16)8-4-10(12)13-5-9(8)15(17)18/h4-5,7H,2-3,6H2,1H3/t7-/m1/s1. The first-order valence-corrected chi connectivity index (χ1v) is 6.07. The van der Waals surface area contributed by atoms with Gasteiger partial charge in [-0.05, 0) is 13.0 Å². The molecule has 0 aromatic carbocycles. The number of carbonyl (C=O) groups is 1. The lowest BCUT2D eigenvalue weighted by atomic mass is 10.1. The van der Waals surface area contributed by atoms with Gasteiger partial charge >= 0.3 is 0 Å². The van der Waals surface area contributed by atoms with E-state index in [4.69, 9.17) is 16.3 Å². The van der Waals surface area contributed by atoms with Crippen LogP contribution in [0.25, 0.3) is 0 Å². The molecule has 0 radical (unpaired) electrons. The molecule has 0 N–H and O–H groups in total. The van der Waals surface area contributed by atoms with E-state index in [0.717, 1.165) is 6.20 Å². The number of morpholine rings is 1. The minimum atomic E-state index is -0.637. The molecule has 7 nitrogen and oxygen atoms in total. The lowest BCUT2D eigenvalue weighted by molar-refractivity contribution is -0.385. The number of rotatable bonds is 2. The van der Waals surface area contributed by atoms with Crippen LogP contribution < -0.4 is 0 Å². The molecule has 1 aliphatic heterocycles. The van der Waals surface area contributed by atoms with Crippen molar-refractivity contribution in [1.29, 1.82) is 0 Å². The van der Waals surface area contributed by atoms with Crippen LogP contribution in [0.1, 0.15) is 17.3 Å². The Balaban J connectivity index is 2.37. The molecule has 2 rings (SSSR count). The van der Waals surface area contributed by atoms with Crippen molar-refractivity contribution >= 4 is 23.2 Å². The summed E-state index contributed by atoms with van der Waals surface area (Å²) in [4.78, 5) is 27.8. The number of nitro groups is 1. The molecule has 1 atom stereocenters. The van der Waals surface area contributed by atoms with Crippen molar-refractivity contribution in [2.75, 3.05) is 19.8 Å². The van der Waals surface area contributed by atoms with Crippen molar-refractivity contribution in [2.24, 2.45) is 0 Å². The zero-order chi connectivity index (χ0) is 14.0. The molecule has 0 unspecified atom stereocenters. The second kappa shape index (κ2) is 5.50. The van der Waals surface area contributed by atoms with E-state index < -0.39 is 10.8 Å². The van der Waals surface area contributed by atoms with Crippen LogP contribution in [0.15, 0.2) is 12.3 Å². The van der Waals surface area contributed by atoms with Crippen molar-refractivity contribution in [3.63, 3.8) is 0 Å². The molecular formula is C11H12ClN3O4. The fraction of sp³-hybridized carbons (Fsp3) is 0.455. The van der Waals surface area contributed by atoms with E-state index in [1.165, 1.54) is 6.07 Å². The average Bonchev–Trinajstić information content (AvgIpc) is 2.38. The van der Waals surface area contributed by atoms with Gasteiger partial charge in [-0.1, -0.05) is 11.6 Å². The molecule has 19 heavy (non-hydrogen) atoms. The zero-order valence-corrected chi connectivity index (χ0v) is 11.0. The molecule has 0 saturated carbocycles. The number of pyridine rings is 1. The van der Waals surface area contributed by atoms with Gasteiger partial charge in [-0.3, -0.25) is 14.9 Å². The van der Waals surface area contributed by atoms with Crippen molar-refractivity contribution in [3.05, 3.63) is 33.1 Å². The van der Waals surface area contributed by atoms with Crippen LogP contribution in [0.4, 0.5) is 5.69 Å². The summed E-state index contributed by atoms with van der Waals surface area (Å²) in [6, 6.07) is 1.09. The summed E-state index contributed by atoms with van der Waals surface area (Å²) in [7, 11) is 0. The highest BCUT2D eigenvalue weighted by atomic mass is 35.5. The Morgan fingerprint density at radius 2 is 2.42 bits per heavy atom. The van der Waals surface area contributed by atoms with E-state index in [1.807, 2.05) is 6.92 Å². The molecule has 1 amide bonds. The zero-order valence-electron chi connectivity index (χ0n) is 10.2. The minimum Gasteiger partial charge on any atom is -0.377 e. The van der Waals surface area contributed by atoms with E-state index in [1.54, 1.807) is 4.90 Å². The second-order valence-electron chi connectivity index (χ2n) is 4.20. The smallest absolute Gasteiger partial charge is 0.300 e. The van der Waals surface area contributed by atoms with E-state index in [9.17, 15) is 14.9 Å². The number of aromatic nitrogens is 1. The lowest BCUT2D eigenvalue weighted by Gasteiger charge is -2.33. The Hall–Kier alpha value is -1.73. The number of hydrogen-bond donors (Lipinski definition) is 0. The van der Waals surface area contributed by atoms with Crippen molar-refractivity contribution in [3.8, 4) is 0 Å². The topological polar surface area (TPSA) is 85.6 Å². The number of carbonyl (C=O) groups excluding carboxylic acids is 1. The molecular weight excluding hydrogens is 274 g/mol. The highest BCUT2D eigenvalue weighted by Gasteiger charge is 2.30. The first-order chi connectivity index (χ1) is 9.00. The average molecular weight is 286 g/mol. The summed E-state index contributed by atoms with van der Waals surface area (Å²) in [5.74, 6) is -0.424. The summed E-state index contributed by atoms with van der Waals surface area (Å²) in [6.07, 6.45) is 1.00. The van der Waals surface area contributed by atoms with Gasteiger partial charge < -0.3 is 9.64 Å². The highest BCUT2D eigenvalue weighted by Crippen LogP contribution is 2.23. The molecule has 1 fully saturated rings. The number of amides is 1. The molecule has 8 heteroatoms. The first-order valence-electron chi connectivity index (χ1n) is 5.69. The van der Waals surface area contributed by atoms with Crippen LogP contribution in [0, 0.1) is 10.1 Å².